The van der Waals surface area contributed by atoms with E-state index in [-0.39, 0.29) is 0 Å². The van der Waals surface area contributed by atoms with Crippen LogP contribution in [0.25, 0.3) is 0 Å². The van der Waals surface area contributed by atoms with Gasteiger partial charge in [-0.05, 0) is 17.8 Å². The van der Waals surface area contributed by atoms with E-state index in [0.717, 1.165) is 0 Å². The maximum atomic E-state index is 2.27. The molecular formula is C12H26. The summed E-state index contributed by atoms with van der Waals surface area (Å²) in [7, 11) is 0. The lowest BCUT2D eigenvalue weighted by Crippen LogP contribution is -2.27. The molecule has 0 unspecified atom stereocenters. The van der Waals surface area contributed by atoms with Gasteiger partial charge in [0.05, 0.1) is 0 Å². The van der Waals surface area contributed by atoms with E-state index in [4.69, 9.17) is 0 Å². The predicted molar refractivity (Wildman–Crippen MR) is 59.4 cm³/mol. The monoisotopic (exact) mass is 170 g/mol. The van der Waals surface area contributed by atoms with Crippen molar-refractivity contribution in [3.8, 4) is 0 Å². The molecule has 0 atom stereocenters. The van der Waals surface area contributed by atoms with Gasteiger partial charge in [0.2, 0.25) is 0 Å². The van der Waals surface area contributed by atoms with Crippen LogP contribution in [-0.4, -0.2) is 0 Å². The van der Waals surface area contributed by atoms with Gasteiger partial charge in [-0.1, -0.05) is 60.6 Å². The van der Waals surface area contributed by atoms with Crippen LogP contribution < -0.4 is 0 Å². The third-order valence-electron chi connectivity index (χ3n) is 2.52. The molecule has 0 radical (unpaired) electrons. The summed E-state index contributed by atoms with van der Waals surface area (Å²) in [6.07, 6.45) is 4.40. The van der Waals surface area contributed by atoms with Crippen LogP contribution in [-0.2, 0) is 0 Å². The molecule has 0 bridgehead atoms. The van der Waals surface area contributed by atoms with Crippen molar-refractivity contribution in [2.45, 2.75) is 55.4 Å². The van der Waals surface area contributed by atoms with E-state index in [1.807, 2.05) is 13.8 Å². The number of rotatable bonds is 1. The van der Waals surface area contributed by atoms with Gasteiger partial charge in [0, 0.05) is 0 Å². The molecule has 0 aromatic carbocycles. The number of allylic oxidation sites excluding steroid dienone is 2. The molecule has 12 heavy (non-hydrogen) atoms. The van der Waals surface area contributed by atoms with E-state index in [1.54, 1.807) is 0 Å². The molecule has 0 saturated carbocycles. The van der Waals surface area contributed by atoms with Crippen molar-refractivity contribution in [2.75, 3.05) is 0 Å². The summed E-state index contributed by atoms with van der Waals surface area (Å²) in [6.45, 7) is 17.4. The zero-order valence-corrected chi connectivity index (χ0v) is 10.2. The zero-order valence-electron chi connectivity index (χ0n) is 10.2. The highest BCUT2D eigenvalue weighted by molar-refractivity contribution is 4.99. The second-order valence-corrected chi connectivity index (χ2v) is 4.47. The van der Waals surface area contributed by atoms with Crippen LogP contribution in [0.2, 0.25) is 0 Å². The minimum Gasteiger partial charge on any atom is -0.0911 e. The summed E-state index contributed by atoms with van der Waals surface area (Å²) in [5.74, 6) is 0. The van der Waals surface area contributed by atoms with Gasteiger partial charge in [-0.3, -0.25) is 0 Å². The molecule has 0 heteroatoms. The summed E-state index contributed by atoms with van der Waals surface area (Å²) in [4.78, 5) is 0. The summed E-state index contributed by atoms with van der Waals surface area (Å²) < 4.78 is 0. The zero-order chi connectivity index (χ0) is 10.4. The fourth-order valence-corrected chi connectivity index (χ4v) is 0.667. The second kappa shape index (κ2) is 5.40. The van der Waals surface area contributed by atoms with E-state index in [2.05, 4.69) is 53.7 Å². The van der Waals surface area contributed by atoms with Crippen molar-refractivity contribution in [1.82, 2.24) is 0 Å². The molecule has 0 aliphatic heterocycles. The molecule has 0 saturated heterocycles. The Bertz CT molecular complexity index is 121. The van der Waals surface area contributed by atoms with Crippen molar-refractivity contribution in [2.24, 2.45) is 10.8 Å². The summed E-state index contributed by atoms with van der Waals surface area (Å²) in [5, 5.41) is 0. The molecular weight excluding hydrogens is 144 g/mol. The molecule has 0 N–H and O–H groups in total. The normalized spacial score (nSPS) is 12.7. The van der Waals surface area contributed by atoms with Gasteiger partial charge in [0.15, 0.2) is 0 Å². The topological polar surface area (TPSA) is 0 Å². The van der Waals surface area contributed by atoms with E-state index in [9.17, 15) is 0 Å². The average Bonchev–Trinajstić information content (AvgIpc) is 1.89. The van der Waals surface area contributed by atoms with Crippen molar-refractivity contribution < 1.29 is 0 Å². The van der Waals surface area contributed by atoms with Gasteiger partial charge in [-0.15, -0.1) is 0 Å². The third kappa shape index (κ3) is 4.58. The van der Waals surface area contributed by atoms with Crippen LogP contribution in [0, 0.1) is 10.8 Å². The van der Waals surface area contributed by atoms with Crippen molar-refractivity contribution in [3.63, 3.8) is 0 Å². The van der Waals surface area contributed by atoms with E-state index < -0.39 is 0 Å². The highest BCUT2D eigenvalue weighted by Gasteiger charge is 2.29. The highest BCUT2D eigenvalue weighted by Crippen LogP contribution is 2.38. The Morgan fingerprint density at radius 1 is 0.833 bits per heavy atom. The summed E-state index contributed by atoms with van der Waals surface area (Å²) in [5.41, 5.74) is 0.668. The van der Waals surface area contributed by atoms with Crippen LogP contribution in [0.3, 0.4) is 0 Å². The quantitative estimate of drug-likeness (QED) is 0.502. The molecule has 0 heterocycles. The van der Waals surface area contributed by atoms with Gasteiger partial charge >= 0.3 is 0 Å². The van der Waals surface area contributed by atoms with Crippen molar-refractivity contribution >= 4 is 0 Å². The molecule has 0 aromatic rings. The van der Waals surface area contributed by atoms with Crippen LogP contribution in [0.15, 0.2) is 12.2 Å². The number of hydrogen-bond acceptors (Lipinski definition) is 0. The summed E-state index contributed by atoms with van der Waals surface area (Å²) >= 11 is 0. The lowest BCUT2D eigenvalue weighted by Gasteiger charge is -2.36. The van der Waals surface area contributed by atoms with Gasteiger partial charge in [0.1, 0.15) is 0 Å². The minimum atomic E-state index is 0.307. The Balaban J connectivity index is 0. The minimum absolute atomic E-state index is 0.307. The van der Waals surface area contributed by atoms with E-state index in [1.165, 1.54) is 0 Å². The first-order valence-electron chi connectivity index (χ1n) is 4.95. The Morgan fingerprint density at radius 2 is 1.17 bits per heavy atom. The van der Waals surface area contributed by atoms with Crippen LogP contribution in [0.4, 0.5) is 0 Å². The van der Waals surface area contributed by atoms with Crippen LogP contribution in [0.5, 0.6) is 0 Å². The Hall–Kier alpha value is -0.260. The maximum Gasteiger partial charge on any atom is -0.0126 e. The Labute approximate surface area is 79.1 Å². The molecule has 0 nitrogen and oxygen atoms in total. The van der Waals surface area contributed by atoms with E-state index in [0.29, 0.717) is 10.8 Å². The molecule has 0 aliphatic carbocycles. The molecule has 0 amide bonds. The SMILES string of the molecule is C/C=C\C(C)(C)C(C)(C)C.CC. The summed E-state index contributed by atoms with van der Waals surface area (Å²) in [6, 6.07) is 0. The van der Waals surface area contributed by atoms with Gasteiger partial charge in [0.25, 0.3) is 0 Å². The first-order chi connectivity index (χ1) is 5.31. The van der Waals surface area contributed by atoms with Gasteiger partial charge in [-0.2, -0.15) is 0 Å². The maximum absolute atomic E-state index is 2.27. The van der Waals surface area contributed by atoms with E-state index >= 15 is 0 Å². The molecule has 74 valence electrons. The fraction of sp³-hybridized carbons (Fsp3) is 0.833. The lowest BCUT2D eigenvalue weighted by molar-refractivity contribution is 0.192. The third-order valence-corrected chi connectivity index (χ3v) is 2.52. The first-order valence-corrected chi connectivity index (χ1v) is 4.95. The Kier molecular flexibility index (Phi) is 6.42. The first kappa shape index (κ1) is 14.3. The fourth-order valence-electron chi connectivity index (χ4n) is 0.667. The lowest BCUT2D eigenvalue weighted by atomic mass is 9.69. The van der Waals surface area contributed by atoms with Crippen molar-refractivity contribution in [3.05, 3.63) is 12.2 Å². The van der Waals surface area contributed by atoms with Gasteiger partial charge in [-0.25, -0.2) is 0 Å². The molecule has 0 fully saturated rings. The molecule has 0 aromatic heterocycles. The van der Waals surface area contributed by atoms with Crippen molar-refractivity contribution in [1.29, 1.82) is 0 Å². The Morgan fingerprint density at radius 3 is 1.25 bits per heavy atom. The van der Waals surface area contributed by atoms with Crippen LogP contribution in [0.1, 0.15) is 55.4 Å². The predicted octanol–water partition coefficient (Wildman–Crippen LogP) is 4.66. The largest absolute Gasteiger partial charge is 0.0911 e. The highest BCUT2D eigenvalue weighted by atomic mass is 14.3. The molecule has 0 rings (SSSR count). The standard InChI is InChI=1S/C10H20.C2H6/c1-7-8-10(5,6)9(2,3)4;1-2/h7-8H,1-6H3;1-2H3/b8-7-;. The number of hydrogen-bond donors (Lipinski definition) is 0. The average molecular weight is 170 g/mol. The molecule has 0 aliphatic rings. The van der Waals surface area contributed by atoms with Crippen LogP contribution >= 0.6 is 0 Å². The van der Waals surface area contributed by atoms with Gasteiger partial charge < -0.3 is 0 Å². The molecule has 0 spiro atoms. The second-order valence-electron chi connectivity index (χ2n) is 4.47. The smallest absolute Gasteiger partial charge is 0.0126 e.